The Labute approximate surface area is 126 Å². The van der Waals surface area contributed by atoms with E-state index in [0.717, 1.165) is 9.87 Å². The van der Waals surface area contributed by atoms with E-state index in [1.807, 2.05) is 13.8 Å². The number of hydrogen-bond donors (Lipinski definition) is 1. The minimum Gasteiger partial charge on any atom is -0.480 e. The van der Waals surface area contributed by atoms with Crippen LogP contribution >= 0.6 is 0 Å². The topological polar surface area (TPSA) is 74.7 Å². The lowest BCUT2D eigenvalue weighted by molar-refractivity contribution is -0.137. The van der Waals surface area contributed by atoms with Crippen LogP contribution in [0, 0.1) is 20.8 Å². The maximum absolute atomic E-state index is 12.9. The first-order valence-electron chi connectivity index (χ1n) is 6.92. The summed E-state index contributed by atoms with van der Waals surface area (Å²) in [7, 11) is -3.83. The average Bonchev–Trinajstić information content (AvgIpc) is 2.32. The lowest BCUT2D eigenvalue weighted by Gasteiger charge is -2.27. The van der Waals surface area contributed by atoms with E-state index in [1.54, 1.807) is 32.9 Å². The lowest BCUT2D eigenvalue weighted by Crippen LogP contribution is -2.42. The van der Waals surface area contributed by atoms with E-state index in [-0.39, 0.29) is 10.9 Å². The first kappa shape index (κ1) is 17.7. The van der Waals surface area contributed by atoms with Crippen LogP contribution < -0.4 is 0 Å². The van der Waals surface area contributed by atoms with Crippen LogP contribution in [0.4, 0.5) is 0 Å². The number of sulfonamides is 1. The van der Waals surface area contributed by atoms with E-state index < -0.39 is 22.5 Å². The van der Waals surface area contributed by atoms with E-state index in [4.69, 9.17) is 5.11 Å². The van der Waals surface area contributed by atoms with E-state index in [0.29, 0.717) is 17.5 Å². The number of aryl methyl sites for hydroxylation is 3. The van der Waals surface area contributed by atoms with Gasteiger partial charge in [0.1, 0.15) is 6.54 Å². The van der Waals surface area contributed by atoms with Gasteiger partial charge < -0.3 is 5.11 Å². The molecular weight excluding hydrogens is 290 g/mol. The number of nitrogens with zero attached hydrogens (tertiary/aromatic N) is 1. The van der Waals surface area contributed by atoms with Gasteiger partial charge in [0.2, 0.25) is 10.0 Å². The Morgan fingerprint density at radius 3 is 2.10 bits per heavy atom. The number of hydrogen-bond acceptors (Lipinski definition) is 3. The van der Waals surface area contributed by atoms with Gasteiger partial charge in [-0.15, -0.1) is 0 Å². The van der Waals surface area contributed by atoms with Crippen LogP contribution in [-0.4, -0.2) is 36.4 Å². The molecule has 0 aliphatic heterocycles. The molecule has 118 valence electrons. The van der Waals surface area contributed by atoms with Gasteiger partial charge in [0.05, 0.1) is 4.90 Å². The van der Waals surface area contributed by atoms with Crippen molar-refractivity contribution in [3.05, 3.63) is 28.8 Å². The Bertz CT molecular complexity index is 614. The van der Waals surface area contributed by atoms with E-state index in [1.165, 1.54) is 0 Å². The second-order valence-electron chi connectivity index (χ2n) is 5.43. The molecule has 0 aromatic heterocycles. The molecule has 0 saturated heterocycles. The van der Waals surface area contributed by atoms with Gasteiger partial charge in [0, 0.05) is 6.04 Å². The summed E-state index contributed by atoms with van der Waals surface area (Å²) in [5.41, 5.74) is 2.27. The molecule has 0 bridgehead atoms. The molecule has 21 heavy (non-hydrogen) atoms. The summed E-state index contributed by atoms with van der Waals surface area (Å²) < 4.78 is 26.8. The number of rotatable bonds is 6. The van der Waals surface area contributed by atoms with Crippen LogP contribution in [0.3, 0.4) is 0 Å². The van der Waals surface area contributed by atoms with Crippen molar-refractivity contribution in [2.75, 3.05) is 6.54 Å². The predicted octanol–water partition coefficient (Wildman–Crippen LogP) is 2.49. The molecule has 0 fully saturated rings. The first-order chi connectivity index (χ1) is 9.61. The molecule has 0 heterocycles. The van der Waals surface area contributed by atoms with Crippen LogP contribution in [0.2, 0.25) is 0 Å². The molecule has 0 radical (unpaired) electrons. The highest BCUT2D eigenvalue weighted by Gasteiger charge is 2.32. The minimum absolute atomic E-state index is 0.217. The summed E-state index contributed by atoms with van der Waals surface area (Å²) in [5, 5.41) is 9.02. The summed E-state index contributed by atoms with van der Waals surface area (Å²) in [6.45, 7) is 8.41. The quantitative estimate of drug-likeness (QED) is 0.875. The average molecular weight is 313 g/mol. The van der Waals surface area contributed by atoms with Gasteiger partial charge in [-0.3, -0.25) is 4.79 Å². The standard InChI is InChI=1S/C15H23NO4S/c1-6-13(5)16(9-14(17)18)21(19,20)15-11(3)7-10(2)8-12(15)4/h7-8,13H,6,9H2,1-5H3,(H,17,18). The molecular formula is C15H23NO4S. The van der Waals surface area contributed by atoms with Gasteiger partial charge in [-0.25, -0.2) is 8.42 Å². The number of carboxylic acid groups (broad SMARTS) is 1. The Balaban J connectivity index is 3.46. The predicted molar refractivity (Wildman–Crippen MR) is 81.9 cm³/mol. The van der Waals surface area contributed by atoms with Crippen molar-refractivity contribution in [3.8, 4) is 0 Å². The van der Waals surface area contributed by atoms with Gasteiger partial charge in [-0.2, -0.15) is 4.31 Å². The molecule has 5 nitrogen and oxygen atoms in total. The number of aliphatic carboxylic acids is 1. The zero-order chi connectivity index (χ0) is 16.4. The third-order valence-electron chi connectivity index (χ3n) is 3.54. The van der Waals surface area contributed by atoms with Crippen molar-refractivity contribution in [3.63, 3.8) is 0 Å². The second kappa shape index (κ2) is 6.58. The highest BCUT2D eigenvalue weighted by atomic mass is 32.2. The molecule has 1 aromatic carbocycles. The highest BCUT2D eigenvalue weighted by Crippen LogP contribution is 2.27. The molecule has 1 unspecified atom stereocenters. The summed E-state index contributed by atoms with van der Waals surface area (Å²) >= 11 is 0. The molecule has 0 aliphatic carbocycles. The van der Waals surface area contributed by atoms with Crippen LogP contribution in [0.5, 0.6) is 0 Å². The summed E-state index contributed by atoms with van der Waals surface area (Å²) in [6, 6.07) is 3.23. The molecule has 0 spiro atoms. The Morgan fingerprint density at radius 2 is 1.71 bits per heavy atom. The van der Waals surface area contributed by atoms with Gasteiger partial charge >= 0.3 is 5.97 Å². The van der Waals surface area contributed by atoms with Gasteiger partial charge in [-0.1, -0.05) is 24.6 Å². The number of carbonyl (C=O) groups is 1. The largest absolute Gasteiger partial charge is 0.480 e. The molecule has 1 atom stereocenters. The third-order valence-corrected chi connectivity index (χ3v) is 5.81. The highest BCUT2D eigenvalue weighted by molar-refractivity contribution is 7.89. The summed E-state index contributed by atoms with van der Waals surface area (Å²) in [5.74, 6) is -1.15. The van der Waals surface area contributed by atoms with Crippen molar-refractivity contribution in [1.29, 1.82) is 0 Å². The van der Waals surface area contributed by atoms with Crippen molar-refractivity contribution in [2.45, 2.75) is 52.0 Å². The van der Waals surface area contributed by atoms with Gasteiger partial charge in [0.25, 0.3) is 0 Å². The Morgan fingerprint density at radius 1 is 1.24 bits per heavy atom. The fraction of sp³-hybridized carbons (Fsp3) is 0.533. The van der Waals surface area contributed by atoms with Crippen molar-refractivity contribution >= 4 is 16.0 Å². The first-order valence-corrected chi connectivity index (χ1v) is 8.36. The van der Waals surface area contributed by atoms with Gasteiger partial charge in [0.15, 0.2) is 0 Å². The molecule has 0 saturated carbocycles. The van der Waals surface area contributed by atoms with Crippen LogP contribution in [-0.2, 0) is 14.8 Å². The molecule has 6 heteroatoms. The van der Waals surface area contributed by atoms with E-state index in [2.05, 4.69) is 0 Å². The summed E-state index contributed by atoms with van der Waals surface area (Å²) in [4.78, 5) is 11.2. The summed E-state index contributed by atoms with van der Waals surface area (Å²) in [6.07, 6.45) is 0.552. The fourth-order valence-electron chi connectivity index (χ4n) is 2.51. The Kier molecular flexibility index (Phi) is 5.53. The minimum atomic E-state index is -3.83. The van der Waals surface area contributed by atoms with Gasteiger partial charge in [-0.05, 0) is 45.2 Å². The molecule has 0 amide bonds. The van der Waals surface area contributed by atoms with Crippen molar-refractivity contribution in [2.24, 2.45) is 0 Å². The maximum atomic E-state index is 12.9. The van der Waals surface area contributed by atoms with Crippen molar-refractivity contribution < 1.29 is 18.3 Å². The van der Waals surface area contributed by atoms with Crippen molar-refractivity contribution in [1.82, 2.24) is 4.31 Å². The fourth-order valence-corrected chi connectivity index (χ4v) is 4.57. The lowest BCUT2D eigenvalue weighted by atomic mass is 10.1. The number of carboxylic acids is 1. The van der Waals surface area contributed by atoms with E-state index >= 15 is 0 Å². The Hall–Kier alpha value is -1.40. The SMILES string of the molecule is CCC(C)N(CC(=O)O)S(=O)(=O)c1c(C)cc(C)cc1C. The maximum Gasteiger partial charge on any atom is 0.318 e. The third kappa shape index (κ3) is 3.83. The monoisotopic (exact) mass is 313 g/mol. The number of benzene rings is 1. The zero-order valence-electron chi connectivity index (χ0n) is 13.2. The normalized spacial score (nSPS) is 13.4. The van der Waals surface area contributed by atoms with Crippen LogP contribution in [0.1, 0.15) is 37.0 Å². The van der Waals surface area contributed by atoms with Crippen LogP contribution in [0.25, 0.3) is 0 Å². The van der Waals surface area contributed by atoms with E-state index in [9.17, 15) is 13.2 Å². The molecule has 1 aromatic rings. The molecule has 0 aliphatic rings. The van der Waals surface area contributed by atoms with Crippen LogP contribution in [0.15, 0.2) is 17.0 Å². The molecule has 1 N–H and O–H groups in total. The zero-order valence-corrected chi connectivity index (χ0v) is 14.0. The smallest absolute Gasteiger partial charge is 0.318 e. The molecule has 1 rings (SSSR count). The second-order valence-corrected chi connectivity index (χ2v) is 7.26.